The molecule has 0 spiro atoms. The van der Waals surface area contributed by atoms with Crippen LogP contribution in [0.1, 0.15) is 41.6 Å². The fourth-order valence-electron chi connectivity index (χ4n) is 3.69. The Bertz CT molecular complexity index is 673. The standard InChI is InChI=1S/C19H22F4N2O/c20-17-6-5-14(13-16(17)19(21,22)23)18(26)7-8-24-9-11-25(12-10-24)15-3-1-2-4-15/h5-8,13,15H,1-4,9-12H2. The minimum absolute atomic E-state index is 0.167. The number of ketones is 1. The summed E-state index contributed by atoms with van der Waals surface area (Å²) in [6, 6.07) is 3.00. The van der Waals surface area contributed by atoms with E-state index < -0.39 is 23.3 Å². The average Bonchev–Trinajstić information content (AvgIpc) is 3.14. The molecule has 0 bridgehead atoms. The minimum Gasteiger partial charge on any atom is -0.375 e. The van der Waals surface area contributed by atoms with Gasteiger partial charge in [-0.15, -0.1) is 0 Å². The van der Waals surface area contributed by atoms with Gasteiger partial charge in [0.2, 0.25) is 0 Å². The lowest BCUT2D eigenvalue weighted by Gasteiger charge is -2.37. The van der Waals surface area contributed by atoms with Gasteiger partial charge in [-0.1, -0.05) is 12.8 Å². The second-order valence-corrected chi connectivity index (χ2v) is 6.88. The Kier molecular flexibility index (Phi) is 5.65. The van der Waals surface area contributed by atoms with Crippen molar-refractivity contribution >= 4 is 5.78 Å². The number of nitrogens with zero attached hydrogens (tertiary/aromatic N) is 2. The van der Waals surface area contributed by atoms with Crippen molar-refractivity contribution < 1.29 is 22.4 Å². The first-order valence-electron chi connectivity index (χ1n) is 8.92. The summed E-state index contributed by atoms with van der Waals surface area (Å²) < 4.78 is 51.6. The first-order valence-corrected chi connectivity index (χ1v) is 8.92. The molecule has 142 valence electrons. The van der Waals surface area contributed by atoms with E-state index in [2.05, 4.69) is 4.90 Å². The van der Waals surface area contributed by atoms with Crippen molar-refractivity contribution in [2.24, 2.45) is 0 Å². The molecular formula is C19H22F4N2O. The Labute approximate surface area is 150 Å². The minimum atomic E-state index is -4.82. The van der Waals surface area contributed by atoms with E-state index in [1.165, 1.54) is 31.8 Å². The predicted octanol–water partition coefficient (Wildman–Crippen LogP) is 4.10. The molecular weight excluding hydrogens is 348 g/mol. The molecule has 1 saturated heterocycles. The van der Waals surface area contributed by atoms with Crippen molar-refractivity contribution in [2.75, 3.05) is 26.2 Å². The highest BCUT2D eigenvalue weighted by Crippen LogP contribution is 2.32. The maximum absolute atomic E-state index is 13.3. The molecule has 0 N–H and O–H groups in total. The van der Waals surface area contributed by atoms with E-state index in [0.29, 0.717) is 18.2 Å². The molecule has 26 heavy (non-hydrogen) atoms. The number of carbonyl (C=O) groups excluding carboxylic acids is 1. The summed E-state index contributed by atoms with van der Waals surface area (Å²) in [4.78, 5) is 16.6. The number of hydrogen-bond acceptors (Lipinski definition) is 3. The van der Waals surface area contributed by atoms with Crippen molar-refractivity contribution in [3.8, 4) is 0 Å². The largest absolute Gasteiger partial charge is 0.419 e. The van der Waals surface area contributed by atoms with Gasteiger partial charge in [-0.05, 0) is 31.0 Å². The molecule has 1 aliphatic carbocycles. The second kappa shape index (κ2) is 7.78. The van der Waals surface area contributed by atoms with E-state index in [1.807, 2.05) is 4.90 Å². The van der Waals surface area contributed by atoms with Crippen molar-refractivity contribution in [2.45, 2.75) is 37.9 Å². The van der Waals surface area contributed by atoms with Crippen molar-refractivity contribution in [3.05, 3.63) is 47.4 Å². The van der Waals surface area contributed by atoms with Gasteiger partial charge in [0.25, 0.3) is 0 Å². The zero-order valence-corrected chi connectivity index (χ0v) is 14.4. The van der Waals surface area contributed by atoms with Crippen molar-refractivity contribution in [3.63, 3.8) is 0 Å². The topological polar surface area (TPSA) is 23.6 Å². The Morgan fingerprint density at radius 3 is 2.35 bits per heavy atom. The number of halogens is 4. The van der Waals surface area contributed by atoms with Gasteiger partial charge in [0.15, 0.2) is 5.78 Å². The molecule has 2 aliphatic rings. The maximum atomic E-state index is 13.3. The van der Waals surface area contributed by atoms with Gasteiger partial charge in [-0.3, -0.25) is 9.69 Å². The third kappa shape index (κ3) is 4.44. The smallest absolute Gasteiger partial charge is 0.375 e. The van der Waals surface area contributed by atoms with Crippen LogP contribution in [0.2, 0.25) is 0 Å². The third-order valence-electron chi connectivity index (χ3n) is 5.18. The zero-order chi connectivity index (χ0) is 18.7. The van der Waals surface area contributed by atoms with E-state index >= 15 is 0 Å². The molecule has 1 aromatic carbocycles. The van der Waals surface area contributed by atoms with E-state index in [-0.39, 0.29) is 5.56 Å². The first-order chi connectivity index (χ1) is 12.3. The fourth-order valence-corrected chi connectivity index (χ4v) is 3.69. The number of benzene rings is 1. The van der Waals surface area contributed by atoms with Crippen LogP contribution < -0.4 is 0 Å². The lowest BCUT2D eigenvalue weighted by atomic mass is 10.1. The number of carbonyl (C=O) groups is 1. The summed E-state index contributed by atoms with van der Waals surface area (Å²) in [6.07, 6.45) is 3.15. The molecule has 3 nitrogen and oxygen atoms in total. The third-order valence-corrected chi connectivity index (χ3v) is 5.18. The fraction of sp³-hybridized carbons (Fsp3) is 0.526. The molecule has 3 rings (SSSR count). The summed E-state index contributed by atoms with van der Waals surface area (Å²) in [5.74, 6) is -1.94. The molecule has 0 radical (unpaired) electrons. The average molecular weight is 370 g/mol. The highest BCUT2D eigenvalue weighted by molar-refractivity contribution is 6.04. The van der Waals surface area contributed by atoms with Crippen LogP contribution in [0.4, 0.5) is 17.6 Å². The van der Waals surface area contributed by atoms with Crippen LogP contribution in [0.15, 0.2) is 30.5 Å². The van der Waals surface area contributed by atoms with E-state index in [9.17, 15) is 22.4 Å². The summed E-state index contributed by atoms with van der Waals surface area (Å²) in [5.41, 5.74) is -1.58. The second-order valence-electron chi connectivity index (χ2n) is 6.88. The van der Waals surface area contributed by atoms with E-state index in [4.69, 9.17) is 0 Å². The number of hydrogen-bond donors (Lipinski definition) is 0. The molecule has 0 unspecified atom stereocenters. The Balaban J connectivity index is 1.58. The van der Waals surface area contributed by atoms with E-state index in [0.717, 1.165) is 32.2 Å². The van der Waals surface area contributed by atoms with Crippen LogP contribution in [0.5, 0.6) is 0 Å². The van der Waals surface area contributed by atoms with Gasteiger partial charge >= 0.3 is 6.18 Å². The summed E-state index contributed by atoms with van der Waals surface area (Å²) in [5, 5.41) is 0. The molecule has 0 atom stereocenters. The monoisotopic (exact) mass is 370 g/mol. The summed E-state index contributed by atoms with van der Waals surface area (Å²) in [7, 11) is 0. The SMILES string of the molecule is O=C(C=CN1CCN(C2CCCC2)CC1)c1ccc(F)c(C(F)(F)F)c1. The highest BCUT2D eigenvalue weighted by atomic mass is 19.4. The van der Waals surface area contributed by atoms with Crippen LogP contribution in [0.25, 0.3) is 0 Å². The quantitative estimate of drug-likeness (QED) is 0.453. The maximum Gasteiger partial charge on any atom is 0.419 e. The van der Waals surface area contributed by atoms with Crippen molar-refractivity contribution in [1.29, 1.82) is 0 Å². The number of allylic oxidation sites excluding steroid dienone is 1. The Morgan fingerprint density at radius 2 is 1.73 bits per heavy atom. The lowest BCUT2D eigenvalue weighted by Crippen LogP contribution is -2.47. The van der Waals surface area contributed by atoms with Gasteiger partial charge in [-0.2, -0.15) is 13.2 Å². The van der Waals surface area contributed by atoms with E-state index in [1.54, 1.807) is 6.20 Å². The molecule has 1 heterocycles. The molecule has 0 aromatic heterocycles. The van der Waals surface area contributed by atoms with Gasteiger partial charge < -0.3 is 4.90 Å². The van der Waals surface area contributed by atoms with Crippen LogP contribution in [-0.4, -0.2) is 47.8 Å². The molecule has 0 amide bonds. The normalized spacial score (nSPS) is 20.2. The molecule has 1 aliphatic heterocycles. The lowest BCUT2D eigenvalue weighted by molar-refractivity contribution is -0.140. The molecule has 7 heteroatoms. The van der Waals surface area contributed by atoms with Crippen LogP contribution in [0.3, 0.4) is 0 Å². The van der Waals surface area contributed by atoms with Gasteiger partial charge in [0.05, 0.1) is 5.56 Å². The van der Waals surface area contributed by atoms with Crippen LogP contribution in [-0.2, 0) is 6.18 Å². The number of piperazine rings is 1. The van der Waals surface area contributed by atoms with Crippen molar-refractivity contribution in [1.82, 2.24) is 9.80 Å². The number of alkyl halides is 3. The van der Waals surface area contributed by atoms with Crippen LogP contribution in [0, 0.1) is 5.82 Å². The van der Waals surface area contributed by atoms with Gasteiger partial charge in [0.1, 0.15) is 5.82 Å². The highest BCUT2D eigenvalue weighted by Gasteiger charge is 2.34. The molecule has 1 aromatic rings. The van der Waals surface area contributed by atoms with Gasteiger partial charge in [0, 0.05) is 50.1 Å². The molecule has 2 fully saturated rings. The first kappa shape index (κ1) is 18.9. The van der Waals surface area contributed by atoms with Gasteiger partial charge in [-0.25, -0.2) is 4.39 Å². The summed E-state index contributed by atoms with van der Waals surface area (Å²) >= 11 is 0. The predicted molar refractivity (Wildman–Crippen MR) is 90.3 cm³/mol. The zero-order valence-electron chi connectivity index (χ0n) is 14.4. The Morgan fingerprint density at radius 1 is 1.08 bits per heavy atom. The van der Waals surface area contributed by atoms with Crippen LogP contribution >= 0.6 is 0 Å². The summed E-state index contributed by atoms with van der Waals surface area (Å²) in [6.45, 7) is 3.44. The molecule has 1 saturated carbocycles. The number of rotatable bonds is 4. The Hall–Kier alpha value is -1.89.